The summed E-state index contributed by atoms with van der Waals surface area (Å²) >= 11 is 1.66. The largest absolute Gasteiger partial charge is 0.382 e. The second-order valence-electron chi connectivity index (χ2n) is 3.50. The van der Waals surface area contributed by atoms with Gasteiger partial charge in [0.05, 0.1) is 13.2 Å². The number of nitrogens with one attached hydrogen (secondary N) is 1. The zero-order valence-corrected chi connectivity index (χ0v) is 10.0. The number of hydrogen-bond acceptors (Lipinski definition) is 4. The first-order chi connectivity index (χ1) is 8.27. The van der Waals surface area contributed by atoms with Gasteiger partial charge in [-0.3, -0.25) is 10.4 Å². The fourth-order valence-electron chi connectivity index (χ4n) is 1.45. The maximum absolute atomic E-state index is 7.41. The first kappa shape index (κ1) is 11.8. The Kier molecular flexibility index (Phi) is 3.85. The number of amidine groups is 1. The van der Waals surface area contributed by atoms with E-state index in [-0.39, 0.29) is 5.84 Å². The molecule has 0 saturated carbocycles. The molecule has 0 aliphatic heterocycles. The highest BCUT2D eigenvalue weighted by atomic mass is 32.1. The lowest BCUT2D eigenvalue weighted by molar-refractivity contribution is 0.109. The lowest BCUT2D eigenvalue weighted by atomic mass is 10.2. The Morgan fingerprint density at radius 2 is 2.24 bits per heavy atom. The van der Waals surface area contributed by atoms with Gasteiger partial charge in [-0.05, 0) is 17.5 Å². The molecule has 2 aromatic rings. The molecule has 5 heteroatoms. The van der Waals surface area contributed by atoms with Crippen LogP contribution in [-0.4, -0.2) is 10.8 Å². The first-order valence-electron chi connectivity index (χ1n) is 5.16. The van der Waals surface area contributed by atoms with Gasteiger partial charge in [-0.2, -0.15) is 0 Å². The SMILES string of the molecule is N=C(N)c1ncccc1COCc1cccs1. The van der Waals surface area contributed by atoms with Gasteiger partial charge >= 0.3 is 0 Å². The van der Waals surface area contributed by atoms with Crippen LogP contribution in [0.4, 0.5) is 0 Å². The van der Waals surface area contributed by atoms with Crippen molar-refractivity contribution in [3.8, 4) is 0 Å². The van der Waals surface area contributed by atoms with Crippen LogP contribution in [0.3, 0.4) is 0 Å². The van der Waals surface area contributed by atoms with Crippen molar-refractivity contribution in [2.45, 2.75) is 13.2 Å². The lowest BCUT2D eigenvalue weighted by Gasteiger charge is -2.07. The third kappa shape index (κ3) is 3.12. The number of aromatic nitrogens is 1. The van der Waals surface area contributed by atoms with Gasteiger partial charge in [0, 0.05) is 16.6 Å². The number of ether oxygens (including phenoxy) is 1. The molecular formula is C12H13N3OS. The van der Waals surface area contributed by atoms with Crippen molar-refractivity contribution in [3.63, 3.8) is 0 Å². The maximum atomic E-state index is 7.41. The predicted molar refractivity (Wildman–Crippen MR) is 68.1 cm³/mol. The second kappa shape index (κ2) is 5.56. The second-order valence-corrected chi connectivity index (χ2v) is 4.53. The van der Waals surface area contributed by atoms with Gasteiger partial charge in [-0.25, -0.2) is 0 Å². The van der Waals surface area contributed by atoms with E-state index in [9.17, 15) is 0 Å². The van der Waals surface area contributed by atoms with Crippen LogP contribution >= 0.6 is 11.3 Å². The third-order valence-electron chi connectivity index (χ3n) is 2.23. The van der Waals surface area contributed by atoms with Crippen LogP contribution in [0.5, 0.6) is 0 Å². The number of rotatable bonds is 5. The van der Waals surface area contributed by atoms with Gasteiger partial charge < -0.3 is 10.5 Å². The van der Waals surface area contributed by atoms with Gasteiger partial charge in [0.1, 0.15) is 11.5 Å². The van der Waals surface area contributed by atoms with Crippen molar-refractivity contribution in [1.29, 1.82) is 5.41 Å². The summed E-state index contributed by atoms with van der Waals surface area (Å²) in [6.45, 7) is 0.991. The van der Waals surface area contributed by atoms with Crippen molar-refractivity contribution in [2.24, 2.45) is 5.73 Å². The van der Waals surface area contributed by atoms with Crippen molar-refractivity contribution >= 4 is 17.2 Å². The standard InChI is InChI=1S/C12H13N3OS/c13-12(14)11-9(3-1-5-15-11)7-16-8-10-4-2-6-17-10/h1-6H,7-8H2,(H3,13,14). The summed E-state index contributed by atoms with van der Waals surface area (Å²) in [5.74, 6) is -0.0275. The highest BCUT2D eigenvalue weighted by Crippen LogP contribution is 2.12. The van der Waals surface area contributed by atoms with Crippen LogP contribution in [0.15, 0.2) is 35.8 Å². The Hall–Kier alpha value is -1.72. The summed E-state index contributed by atoms with van der Waals surface area (Å²) < 4.78 is 5.57. The fraction of sp³-hybridized carbons (Fsp3) is 0.167. The number of pyridine rings is 1. The Bertz CT molecular complexity index is 496. The molecule has 3 N–H and O–H groups in total. The van der Waals surface area contributed by atoms with Gasteiger partial charge in [0.15, 0.2) is 0 Å². The molecular weight excluding hydrogens is 234 g/mol. The zero-order chi connectivity index (χ0) is 12.1. The minimum Gasteiger partial charge on any atom is -0.382 e. The smallest absolute Gasteiger partial charge is 0.142 e. The molecule has 0 aromatic carbocycles. The van der Waals surface area contributed by atoms with Crippen molar-refractivity contribution in [1.82, 2.24) is 4.98 Å². The third-order valence-corrected chi connectivity index (χ3v) is 3.08. The Balaban J connectivity index is 1.97. The molecule has 0 amide bonds. The Labute approximate surface area is 104 Å². The van der Waals surface area contributed by atoms with Crippen LogP contribution in [0.25, 0.3) is 0 Å². The summed E-state index contributed by atoms with van der Waals surface area (Å²) in [7, 11) is 0. The van der Waals surface area contributed by atoms with E-state index < -0.39 is 0 Å². The summed E-state index contributed by atoms with van der Waals surface area (Å²) in [6, 6.07) is 7.71. The summed E-state index contributed by atoms with van der Waals surface area (Å²) in [4.78, 5) is 5.25. The Morgan fingerprint density at radius 3 is 2.94 bits per heavy atom. The van der Waals surface area contributed by atoms with E-state index >= 15 is 0 Å². The highest BCUT2D eigenvalue weighted by molar-refractivity contribution is 7.09. The van der Waals surface area contributed by atoms with Crippen LogP contribution in [0.1, 0.15) is 16.1 Å². The molecule has 2 aromatic heterocycles. The lowest BCUT2D eigenvalue weighted by Crippen LogP contribution is -2.16. The molecule has 0 aliphatic carbocycles. The molecule has 0 atom stereocenters. The van der Waals surface area contributed by atoms with Crippen LogP contribution in [-0.2, 0) is 18.0 Å². The number of nitrogens with zero attached hydrogens (tertiary/aromatic N) is 1. The van der Waals surface area contributed by atoms with Gasteiger partial charge in [-0.1, -0.05) is 12.1 Å². The summed E-state index contributed by atoms with van der Waals surface area (Å²) in [6.07, 6.45) is 1.62. The van der Waals surface area contributed by atoms with Gasteiger partial charge in [0.2, 0.25) is 0 Å². The molecule has 0 unspecified atom stereocenters. The van der Waals surface area contributed by atoms with Crippen LogP contribution in [0, 0.1) is 5.41 Å². The number of nitrogens with two attached hydrogens (primary N) is 1. The van der Waals surface area contributed by atoms with Crippen LogP contribution in [0.2, 0.25) is 0 Å². The molecule has 88 valence electrons. The van der Waals surface area contributed by atoms with Crippen LogP contribution < -0.4 is 5.73 Å². The highest BCUT2D eigenvalue weighted by Gasteiger charge is 2.06. The average molecular weight is 247 g/mol. The van der Waals surface area contributed by atoms with Crippen molar-refractivity contribution in [3.05, 3.63) is 52.0 Å². The molecule has 17 heavy (non-hydrogen) atoms. The van der Waals surface area contributed by atoms with Crippen molar-refractivity contribution in [2.75, 3.05) is 0 Å². The molecule has 0 radical (unpaired) electrons. The zero-order valence-electron chi connectivity index (χ0n) is 9.22. The molecule has 0 saturated heterocycles. The fourth-order valence-corrected chi connectivity index (χ4v) is 2.09. The molecule has 2 heterocycles. The van der Waals surface area contributed by atoms with Gasteiger partial charge in [0.25, 0.3) is 0 Å². The molecule has 4 nitrogen and oxygen atoms in total. The number of hydrogen-bond donors (Lipinski definition) is 2. The van der Waals surface area contributed by atoms with E-state index in [1.807, 2.05) is 29.6 Å². The molecule has 0 aliphatic rings. The van der Waals surface area contributed by atoms with E-state index in [0.717, 1.165) is 5.56 Å². The topological polar surface area (TPSA) is 72.0 Å². The monoisotopic (exact) mass is 247 g/mol. The minimum atomic E-state index is -0.0275. The van der Waals surface area contributed by atoms with E-state index in [1.54, 1.807) is 17.5 Å². The minimum absolute atomic E-state index is 0.0275. The maximum Gasteiger partial charge on any atom is 0.142 e. The van der Waals surface area contributed by atoms with E-state index in [0.29, 0.717) is 18.9 Å². The number of nitrogen functional groups attached to an aromatic ring is 1. The molecule has 0 spiro atoms. The summed E-state index contributed by atoms with van der Waals surface area (Å²) in [5, 5.41) is 9.43. The predicted octanol–water partition coefficient (Wildman–Crippen LogP) is 2.14. The van der Waals surface area contributed by atoms with E-state index in [4.69, 9.17) is 15.9 Å². The molecule has 0 bridgehead atoms. The van der Waals surface area contributed by atoms with Gasteiger partial charge in [-0.15, -0.1) is 11.3 Å². The molecule has 2 rings (SSSR count). The average Bonchev–Trinajstić information content (AvgIpc) is 2.82. The summed E-state index contributed by atoms with van der Waals surface area (Å²) in [5.41, 5.74) is 6.79. The Morgan fingerprint density at radius 1 is 1.35 bits per heavy atom. The normalized spacial score (nSPS) is 10.4. The molecule has 0 fully saturated rings. The van der Waals surface area contributed by atoms with E-state index in [1.165, 1.54) is 4.88 Å². The first-order valence-corrected chi connectivity index (χ1v) is 6.04. The quantitative estimate of drug-likeness (QED) is 0.628. The van der Waals surface area contributed by atoms with Crippen molar-refractivity contribution < 1.29 is 4.74 Å². The van der Waals surface area contributed by atoms with E-state index in [2.05, 4.69) is 4.98 Å². The number of thiophene rings is 1.